The number of hydrogen-bond donors (Lipinski definition) is 1. The van der Waals surface area contributed by atoms with E-state index in [1.807, 2.05) is 12.1 Å². The van der Waals surface area contributed by atoms with Gasteiger partial charge in [0.1, 0.15) is 23.0 Å². The molecule has 2 aromatic carbocycles. The van der Waals surface area contributed by atoms with E-state index in [1.54, 1.807) is 12.1 Å². The Morgan fingerprint density at radius 1 is 1.18 bits per heavy atom. The molecule has 1 N–H and O–H groups in total. The zero-order valence-electron chi connectivity index (χ0n) is 17.8. The molecule has 34 heavy (non-hydrogen) atoms. The molecule has 1 amide bonds. The van der Waals surface area contributed by atoms with Crippen molar-refractivity contribution in [3.05, 3.63) is 86.4 Å². The molecule has 3 heterocycles. The zero-order chi connectivity index (χ0) is 23.8. The van der Waals surface area contributed by atoms with Crippen molar-refractivity contribution >= 4 is 28.7 Å². The number of halogens is 3. The van der Waals surface area contributed by atoms with Gasteiger partial charge in [0.15, 0.2) is 11.2 Å². The molecule has 1 saturated heterocycles. The molecule has 0 aliphatic carbocycles. The largest absolute Gasteiger partial charge is 0.338 e. The SMILES string of the molecule is O=C(c1c(F)cccc1F)N1CCC[C@H](c2nc3c(nnn3Cc3cccc(Cl)c3)c(=O)[nH]2)C1. The number of benzene rings is 2. The van der Waals surface area contributed by atoms with Crippen LogP contribution in [-0.4, -0.2) is 48.9 Å². The Balaban J connectivity index is 1.44. The molecule has 1 atom stereocenters. The first-order valence-electron chi connectivity index (χ1n) is 10.7. The van der Waals surface area contributed by atoms with E-state index in [0.717, 1.165) is 17.7 Å². The summed E-state index contributed by atoms with van der Waals surface area (Å²) < 4.78 is 29.8. The van der Waals surface area contributed by atoms with Gasteiger partial charge in [-0.05, 0) is 42.7 Å². The summed E-state index contributed by atoms with van der Waals surface area (Å²) in [5.74, 6) is -2.48. The van der Waals surface area contributed by atoms with Gasteiger partial charge >= 0.3 is 0 Å². The van der Waals surface area contributed by atoms with Crippen molar-refractivity contribution in [2.75, 3.05) is 13.1 Å². The van der Waals surface area contributed by atoms with Gasteiger partial charge in [0, 0.05) is 24.0 Å². The number of amides is 1. The predicted octanol–water partition coefficient (Wildman–Crippen LogP) is 3.51. The number of piperidine rings is 1. The van der Waals surface area contributed by atoms with Crippen LogP contribution in [0.3, 0.4) is 0 Å². The fourth-order valence-corrected chi connectivity index (χ4v) is 4.45. The Labute approximate surface area is 197 Å². The molecular formula is C23H19ClF2N6O2. The van der Waals surface area contributed by atoms with Crippen molar-refractivity contribution in [3.63, 3.8) is 0 Å². The number of likely N-dealkylation sites (tertiary alicyclic amines) is 1. The average Bonchev–Trinajstić information content (AvgIpc) is 3.22. The number of rotatable bonds is 4. The van der Waals surface area contributed by atoms with Crippen LogP contribution in [0.15, 0.2) is 47.3 Å². The summed E-state index contributed by atoms with van der Waals surface area (Å²) in [6.07, 6.45) is 1.24. The van der Waals surface area contributed by atoms with Crippen LogP contribution in [0.25, 0.3) is 11.2 Å². The van der Waals surface area contributed by atoms with E-state index in [4.69, 9.17) is 11.6 Å². The number of hydrogen-bond acceptors (Lipinski definition) is 5. The van der Waals surface area contributed by atoms with Crippen molar-refractivity contribution in [1.29, 1.82) is 0 Å². The predicted molar refractivity (Wildman–Crippen MR) is 121 cm³/mol. The van der Waals surface area contributed by atoms with Gasteiger partial charge in [0.05, 0.1) is 6.54 Å². The summed E-state index contributed by atoms with van der Waals surface area (Å²) >= 11 is 6.06. The maximum Gasteiger partial charge on any atom is 0.281 e. The van der Waals surface area contributed by atoms with Gasteiger partial charge in [0.25, 0.3) is 11.5 Å². The van der Waals surface area contributed by atoms with Crippen LogP contribution >= 0.6 is 11.6 Å². The van der Waals surface area contributed by atoms with Gasteiger partial charge in [-0.2, -0.15) is 0 Å². The maximum atomic E-state index is 14.1. The lowest BCUT2D eigenvalue weighted by Crippen LogP contribution is -2.40. The molecule has 174 valence electrons. The van der Waals surface area contributed by atoms with Crippen LogP contribution in [0.2, 0.25) is 5.02 Å². The minimum absolute atomic E-state index is 0.1000. The third-order valence-corrected chi connectivity index (χ3v) is 6.12. The topological polar surface area (TPSA) is 96.8 Å². The first kappa shape index (κ1) is 22.1. The smallest absolute Gasteiger partial charge is 0.281 e. The lowest BCUT2D eigenvalue weighted by molar-refractivity contribution is 0.0694. The number of nitrogens with one attached hydrogen (secondary N) is 1. The Hall–Kier alpha value is -3.66. The monoisotopic (exact) mass is 484 g/mol. The standard InChI is InChI=1S/C23H19ClF2N6O2/c24-15-6-1-4-13(10-15)11-32-21-19(29-30-32)22(33)28-20(27-21)14-5-3-9-31(12-14)23(34)18-16(25)7-2-8-17(18)26/h1-2,4,6-8,10,14H,3,5,9,11-12H2,(H,27,28,33)/t14-/m0/s1. The van der Waals surface area contributed by atoms with Crippen LogP contribution in [-0.2, 0) is 6.54 Å². The normalized spacial score (nSPS) is 16.2. The lowest BCUT2D eigenvalue weighted by Gasteiger charge is -2.32. The molecule has 0 radical (unpaired) electrons. The van der Waals surface area contributed by atoms with Crippen LogP contribution in [0, 0.1) is 11.6 Å². The van der Waals surface area contributed by atoms with E-state index < -0.39 is 28.7 Å². The number of aromatic nitrogens is 5. The minimum atomic E-state index is -0.906. The summed E-state index contributed by atoms with van der Waals surface area (Å²) in [6.45, 7) is 0.829. The van der Waals surface area contributed by atoms with Gasteiger partial charge in [-0.15, -0.1) is 5.10 Å². The van der Waals surface area contributed by atoms with Gasteiger partial charge in [-0.25, -0.2) is 18.4 Å². The highest BCUT2D eigenvalue weighted by Gasteiger charge is 2.30. The van der Waals surface area contributed by atoms with Gasteiger partial charge < -0.3 is 9.88 Å². The van der Waals surface area contributed by atoms with E-state index >= 15 is 0 Å². The molecule has 0 bridgehead atoms. The molecule has 1 aliphatic heterocycles. The third-order valence-electron chi connectivity index (χ3n) is 5.89. The second-order valence-electron chi connectivity index (χ2n) is 8.19. The quantitative estimate of drug-likeness (QED) is 0.478. The third kappa shape index (κ3) is 4.16. The molecule has 1 fully saturated rings. The molecule has 4 aromatic rings. The van der Waals surface area contributed by atoms with Crippen LogP contribution < -0.4 is 5.56 Å². The van der Waals surface area contributed by atoms with E-state index in [1.165, 1.54) is 15.6 Å². The highest BCUT2D eigenvalue weighted by Crippen LogP contribution is 2.27. The summed E-state index contributed by atoms with van der Waals surface area (Å²) in [7, 11) is 0. The fourth-order valence-electron chi connectivity index (χ4n) is 4.24. The molecule has 0 saturated carbocycles. The van der Waals surface area contributed by atoms with Crippen LogP contribution in [0.4, 0.5) is 8.78 Å². The second-order valence-corrected chi connectivity index (χ2v) is 8.62. The number of H-pyrrole nitrogens is 1. The van der Waals surface area contributed by atoms with Gasteiger partial charge in [-0.1, -0.05) is 35.0 Å². The number of carbonyl (C=O) groups is 1. The van der Waals surface area contributed by atoms with Crippen molar-refractivity contribution in [2.24, 2.45) is 0 Å². The summed E-state index contributed by atoms with van der Waals surface area (Å²) in [4.78, 5) is 34.3. The van der Waals surface area contributed by atoms with Crippen molar-refractivity contribution in [2.45, 2.75) is 25.3 Å². The highest BCUT2D eigenvalue weighted by molar-refractivity contribution is 6.30. The fraction of sp³-hybridized carbons (Fsp3) is 0.261. The number of aromatic amines is 1. The molecule has 0 unspecified atom stereocenters. The van der Waals surface area contributed by atoms with E-state index in [9.17, 15) is 18.4 Å². The minimum Gasteiger partial charge on any atom is -0.338 e. The van der Waals surface area contributed by atoms with E-state index in [2.05, 4.69) is 20.3 Å². The van der Waals surface area contributed by atoms with Gasteiger partial charge in [0.2, 0.25) is 0 Å². The Kier molecular flexibility index (Phi) is 5.82. The molecule has 0 spiro atoms. The Bertz CT molecular complexity index is 1430. The molecule has 8 nitrogen and oxygen atoms in total. The van der Waals surface area contributed by atoms with Crippen LogP contribution in [0.1, 0.15) is 40.5 Å². The molecule has 11 heteroatoms. The zero-order valence-corrected chi connectivity index (χ0v) is 18.6. The van der Waals surface area contributed by atoms with E-state index in [-0.39, 0.29) is 18.0 Å². The Morgan fingerprint density at radius 2 is 1.94 bits per heavy atom. The lowest BCUT2D eigenvalue weighted by atomic mass is 9.96. The highest BCUT2D eigenvalue weighted by atomic mass is 35.5. The molecule has 1 aliphatic rings. The molecular weight excluding hydrogens is 466 g/mol. The van der Waals surface area contributed by atoms with E-state index in [0.29, 0.717) is 42.4 Å². The maximum absolute atomic E-state index is 14.1. The Morgan fingerprint density at radius 3 is 2.71 bits per heavy atom. The molecule has 2 aromatic heterocycles. The van der Waals surface area contributed by atoms with Crippen molar-refractivity contribution < 1.29 is 13.6 Å². The molecule has 5 rings (SSSR count). The summed E-state index contributed by atoms with van der Waals surface area (Å²) in [5, 5.41) is 8.59. The average molecular weight is 485 g/mol. The summed E-state index contributed by atoms with van der Waals surface area (Å²) in [5.41, 5.74) is 0.249. The number of fused-ring (bicyclic) bond motifs is 1. The first-order chi connectivity index (χ1) is 16.4. The second kappa shape index (κ2) is 8.94. The number of nitrogens with zero attached hydrogens (tertiary/aromatic N) is 5. The van der Waals surface area contributed by atoms with Crippen molar-refractivity contribution in [3.8, 4) is 0 Å². The van der Waals surface area contributed by atoms with Gasteiger partial charge in [-0.3, -0.25) is 9.59 Å². The van der Waals surface area contributed by atoms with Crippen LogP contribution in [0.5, 0.6) is 0 Å². The van der Waals surface area contributed by atoms with Crippen molar-refractivity contribution in [1.82, 2.24) is 29.9 Å². The number of carbonyl (C=O) groups excluding carboxylic acids is 1. The first-order valence-corrected chi connectivity index (χ1v) is 11.1. The summed E-state index contributed by atoms with van der Waals surface area (Å²) in [6, 6.07) is 10.6.